The summed E-state index contributed by atoms with van der Waals surface area (Å²) in [4.78, 5) is 0.364. The summed E-state index contributed by atoms with van der Waals surface area (Å²) in [5.74, 6) is 0. The number of hydrogen-bond donors (Lipinski definition) is 0. The van der Waals surface area contributed by atoms with Gasteiger partial charge >= 0.3 is 0 Å². The summed E-state index contributed by atoms with van der Waals surface area (Å²) in [5.41, 5.74) is 0.929. The van der Waals surface area contributed by atoms with E-state index in [2.05, 4.69) is 15.9 Å². The predicted molar refractivity (Wildman–Crippen MR) is 52.0 cm³/mol. The van der Waals surface area contributed by atoms with Gasteiger partial charge in [-0.2, -0.15) is 0 Å². The zero-order valence-corrected chi connectivity index (χ0v) is 9.24. The molecule has 0 unspecified atom stereocenters. The summed E-state index contributed by atoms with van der Waals surface area (Å²) in [6, 6.07) is 4.98. The van der Waals surface area contributed by atoms with Crippen molar-refractivity contribution in [2.24, 2.45) is 0 Å². The maximum absolute atomic E-state index is 11.1. The number of halogens is 1. The lowest BCUT2D eigenvalue weighted by Gasteiger charge is -2.01. The lowest BCUT2D eigenvalue weighted by Crippen LogP contribution is -1.97. The average Bonchev–Trinajstić information content (AvgIpc) is 1.92. The van der Waals surface area contributed by atoms with Gasteiger partial charge in [0.1, 0.15) is 0 Å². The molecular weight excluding hydrogens is 240 g/mol. The van der Waals surface area contributed by atoms with Crippen molar-refractivity contribution in [2.45, 2.75) is 11.8 Å². The number of benzene rings is 1. The van der Waals surface area contributed by atoms with Crippen LogP contribution in [0.3, 0.4) is 0 Å². The molecule has 1 aromatic rings. The number of aryl methyl sites for hydroxylation is 1. The lowest BCUT2D eigenvalue weighted by atomic mass is 10.2. The first kappa shape index (κ1) is 9.74. The quantitative estimate of drug-likeness (QED) is 0.764. The first-order chi connectivity index (χ1) is 5.41. The second kappa shape index (κ2) is 3.18. The predicted octanol–water partition coefficient (Wildman–Crippen LogP) is 2.16. The summed E-state index contributed by atoms with van der Waals surface area (Å²) < 4.78 is 23.1. The minimum atomic E-state index is -3.06. The molecule has 0 aliphatic heterocycles. The Balaban J connectivity index is 3.33. The first-order valence-corrected chi connectivity index (χ1v) is 6.06. The van der Waals surface area contributed by atoms with E-state index in [1.165, 1.54) is 6.26 Å². The van der Waals surface area contributed by atoms with Gasteiger partial charge in [-0.05, 0) is 30.7 Å². The summed E-state index contributed by atoms with van der Waals surface area (Å²) in [7, 11) is -3.06. The van der Waals surface area contributed by atoms with Gasteiger partial charge in [0.15, 0.2) is 9.84 Å². The van der Waals surface area contributed by atoms with E-state index in [4.69, 9.17) is 0 Å². The zero-order valence-electron chi connectivity index (χ0n) is 6.83. The highest BCUT2D eigenvalue weighted by atomic mass is 79.9. The van der Waals surface area contributed by atoms with E-state index in [0.29, 0.717) is 4.90 Å². The monoisotopic (exact) mass is 248 g/mol. The van der Waals surface area contributed by atoms with E-state index in [1.807, 2.05) is 6.92 Å². The summed E-state index contributed by atoms with van der Waals surface area (Å²) >= 11 is 3.30. The van der Waals surface area contributed by atoms with Gasteiger partial charge in [-0.25, -0.2) is 8.42 Å². The Morgan fingerprint density at radius 2 is 1.92 bits per heavy atom. The molecule has 0 amide bonds. The Labute approximate surface area is 80.7 Å². The average molecular weight is 249 g/mol. The molecule has 12 heavy (non-hydrogen) atoms. The topological polar surface area (TPSA) is 34.1 Å². The summed E-state index contributed by atoms with van der Waals surface area (Å²) in [6.45, 7) is 1.86. The molecule has 0 bridgehead atoms. The standard InChI is InChI=1S/C8H9BrO2S/c1-6-5-7(12(2,10)11)3-4-8(6)9/h3-5H,1-2H3. The molecule has 0 radical (unpaired) electrons. The van der Waals surface area contributed by atoms with Crippen LogP contribution in [-0.4, -0.2) is 14.7 Å². The normalized spacial score (nSPS) is 11.6. The van der Waals surface area contributed by atoms with E-state index < -0.39 is 9.84 Å². The largest absolute Gasteiger partial charge is 0.224 e. The molecule has 0 N–H and O–H groups in total. The fraction of sp³-hybridized carbons (Fsp3) is 0.250. The van der Waals surface area contributed by atoms with Crippen LogP contribution >= 0.6 is 15.9 Å². The zero-order chi connectivity index (χ0) is 9.35. The van der Waals surface area contributed by atoms with Gasteiger partial charge in [0.2, 0.25) is 0 Å². The minimum Gasteiger partial charge on any atom is -0.224 e. The number of hydrogen-bond acceptors (Lipinski definition) is 2. The molecule has 1 aromatic carbocycles. The second-order valence-electron chi connectivity index (χ2n) is 2.68. The third-order valence-electron chi connectivity index (χ3n) is 1.56. The Kier molecular flexibility index (Phi) is 2.58. The van der Waals surface area contributed by atoms with Crippen LogP contribution in [0.1, 0.15) is 5.56 Å². The third kappa shape index (κ3) is 2.08. The van der Waals surface area contributed by atoms with Crippen LogP contribution in [0, 0.1) is 6.92 Å². The Hall–Kier alpha value is -0.350. The molecule has 0 spiro atoms. The van der Waals surface area contributed by atoms with Gasteiger partial charge in [0, 0.05) is 10.7 Å². The van der Waals surface area contributed by atoms with Crippen LogP contribution in [-0.2, 0) is 9.84 Å². The maximum atomic E-state index is 11.1. The van der Waals surface area contributed by atoms with Crippen molar-refractivity contribution < 1.29 is 8.42 Å². The smallest absolute Gasteiger partial charge is 0.175 e. The summed E-state index contributed by atoms with van der Waals surface area (Å²) in [6.07, 6.45) is 1.20. The fourth-order valence-corrected chi connectivity index (χ4v) is 1.80. The minimum absolute atomic E-state index is 0.364. The molecule has 0 atom stereocenters. The summed E-state index contributed by atoms with van der Waals surface area (Å²) in [5, 5.41) is 0. The van der Waals surface area contributed by atoms with E-state index in [0.717, 1.165) is 10.0 Å². The molecule has 0 aliphatic carbocycles. The van der Waals surface area contributed by atoms with Crippen LogP contribution in [0.2, 0.25) is 0 Å². The number of sulfone groups is 1. The van der Waals surface area contributed by atoms with Crippen molar-refractivity contribution in [3.63, 3.8) is 0 Å². The highest BCUT2D eigenvalue weighted by Crippen LogP contribution is 2.19. The lowest BCUT2D eigenvalue weighted by molar-refractivity contribution is 0.602. The van der Waals surface area contributed by atoms with Crippen molar-refractivity contribution in [2.75, 3.05) is 6.26 Å². The van der Waals surface area contributed by atoms with Crippen LogP contribution < -0.4 is 0 Å². The third-order valence-corrected chi connectivity index (χ3v) is 3.56. The number of rotatable bonds is 1. The molecule has 66 valence electrons. The van der Waals surface area contributed by atoms with Gasteiger partial charge in [0.05, 0.1) is 4.90 Å². The highest BCUT2D eigenvalue weighted by molar-refractivity contribution is 9.10. The van der Waals surface area contributed by atoms with Gasteiger partial charge in [-0.15, -0.1) is 0 Å². The van der Waals surface area contributed by atoms with Gasteiger partial charge in [-0.3, -0.25) is 0 Å². The SMILES string of the molecule is Cc1cc(S(C)(=O)=O)ccc1Br. The molecule has 1 rings (SSSR count). The van der Waals surface area contributed by atoms with Crippen molar-refractivity contribution in [1.29, 1.82) is 0 Å². The maximum Gasteiger partial charge on any atom is 0.175 e. The van der Waals surface area contributed by atoms with Crippen molar-refractivity contribution >= 4 is 25.8 Å². The van der Waals surface area contributed by atoms with Gasteiger partial charge < -0.3 is 0 Å². The molecule has 4 heteroatoms. The van der Waals surface area contributed by atoms with Gasteiger partial charge in [0.25, 0.3) is 0 Å². The molecular formula is C8H9BrO2S. The Morgan fingerprint density at radius 3 is 2.33 bits per heavy atom. The van der Waals surface area contributed by atoms with Gasteiger partial charge in [-0.1, -0.05) is 15.9 Å². The molecule has 0 aromatic heterocycles. The van der Waals surface area contributed by atoms with E-state index in [9.17, 15) is 8.42 Å². The van der Waals surface area contributed by atoms with Crippen LogP contribution in [0.4, 0.5) is 0 Å². The van der Waals surface area contributed by atoms with E-state index in [1.54, 1.807) is 18.2 Å². The van der Waals surface area contributed by atoms with E-state index >= 15 is 0 Å². The highest BCUT2D eigenvalue weighted by Gasteiger charge is 2.07. The molecule has 0 heterocycles. The van der Waals surface area contributed by atoms with Crippen molar-refractivity contribution in [3.8, 4) is 0 Å². The molecule has 0 saturated carbocycles. The molecule has 2 nitrogen and oxygen atoms in total. The molecule has 0 fully saturated rings. The van der Waals surface area contributed by atoms with E-state index in [-0.39, 0.29) is 0 Å². The Bertz CT molecular complexity index is 396. The first-order valence-electron chi connectivity index (χ1n) is 3.37. The fourth-order valence-electron chi connectivity index (χ4n) is 0.848. The second-order valence-corrected chi connectivity index (χ2v) is 5.55. The van der Waals surface area contributed by atoms with Crippen LogP contribution in [0.25, 0.3) is 0 Å². The van der Waals surface area contributed by atoms with Crippen LogP contribution in [0.5, 0.6) is 0 Å². The molecule has 0 saturated heterocycles. The Morgan fingerprint density at radius 1 is 1.33 bits per heavy atom. The van der Waals surface area contributed by atoms with Crippen molar-refractivity contribution in [3.05, 3.63) is 28.2 Å². The van der Waals surface area contributed by atoms with Crippen molar-refractivity contribution in [1.82, 2.24) is 0 Å². The van der Waals surface area contributed by atoms with Crippen LogP contribution in [0.15, 0.2) is 27.6 Å². The molecule has 0 aliphatic rings.